The second kappa shape index (κ2) is 22.0. The second-order valence-electron chi connectivity index (χ2n) is 12.6. The number of carbonyl (C=O) groups is 3. The van der Waals surface area contributed by atoms with Gasteiger partial charge >= 0.3 is 5.97 Å². The summed E-state index contributed by atoms with van der Waals surface area (Å²) in [6.07, 6.45) is 15.8. The van der Waals surface area contributed by atoms with E-state index in [1.165, 1.54) is 5.57 Å². The zero-order chi connectivity index (χ0) is 36.3. The molecule has 0 saturated heterocycles. The van der Waals surface area contributed by atoms with Crippen molar-refractivity contribution >= 4 is 35.9 Å². The Balaban J connectivity index is 1.53. The van der Waals surface area contributed by atoms with Crippen molar-refractivity contribution in [3.8, 4) is 28.7 Å². The average molecular weight is 707 g/mol. The lowest BCUT2D eigenvalue weighted by atomic mass is 9.84. The van der Waals surface area contributed by atoms with Crippen molar-refractivity contribution in [2.45, 2.75) is 90.2 Å². The Morgan fingerprint density at radius 3 is 2.34 bits per heavy atom. The fourth-order valence-corrected chi connectivity index (χ4v) is 6.84. The third-order valence-electron chi connectivity index (χ3n) is 9.15. The number of allylic oxidation sites excluding steroid dienone is 3. The Hall–Kier alpha value is -3.98. The van der Waals surface area contributed by atoms with Gasteiger partial charge in [-0.2, -0.15) is 0 Å². The van der Waals surface area contributed by atoms with Crippen molar-refractivity contribution in [2.24, 2.45) is 11.8 Å². The van der Waals surface area contributed by atoms with Crippen LogP contribution in [0.5, 0.6) is 28.7 Å². The minimum absolute atomic E-state index is 0.0667. The standard InChI is InChI=1S/C41H54O8S/c1-7-32(36(43)16-8-9-22-42)14-10-12-29(2)17-18-30-13-11-15-33(24-30)41(44)49-40-25-31(19-20-37(40)46-4)28-50-23-21-35-38(47-5)26-34(45-3)27-39(35)48-6/h12,15,19-23,25-27,30,32H,7-11,13-14,16-18,24,28H2,1-6H3/b23-21+,29-12+. The molecular formula is C41H54O8S. The van der Waals surface area contributed by atoms with Crippen LogP contribution in [-0.2, 0) is 20.1 Å². The van der Waals surface area contributed by atoms with E-state index in [1.54, 1.807) is 40.2 Å². The van der Waals surface area contributed by atoms with E-state index >= 15 is 0 Å². The Morgan fingerprint density at radius 2 is 1.68 bits per heavy atom. The van der Waals surface area contributed by atoms with E-state index in [1.807, 2.05) is 47.9 Å². The van der Waals surface area contributed by atoms with Gasteiger partial charge in [-0.15, -0.1) is 11.8 Å². The molecule has 1 aliphatic carbocycles. The van der Waals surface area contributed by atoms with Crippen molar-refractivity contribution in [2.75, 3.05) is 28.4 Å². The van der Waals surface area contributed by atoms with Crippen molar-refractivity contribution in [1.29, 1.82) is 0 Å². The molecule has 9 heteroatoms. The van der Waals surface area contributed by atoms with Gasteiger partial charge in [0.1, 0.15) is 29.3 Å². The number of benzene rings is 2. The smallest absolute Gasteiger partial charge is 0.339 e. The highest BCUT2D eigenvalue weighted by Gasteiger charge is 2.23. The maximum Gasteiger partial charge on any atom is 0.339 e. The number of ether oxygens (including phenoxy) is 5. The molecule has 0 amide bonds. The Kier molecular flexibility index (Phi) is 17.8. The van der Waals surface area contributed by atoms with Gasteiger partial charge < -0.3 is 28.5 Å². The summed E-state index contributed by atoms with van der Waals surface area (Å²) in [5, 5.41) is 1.98. The number of hydrogen-bond donors (Lipinski definition) is 0. The van der Waals surface area contributed by atoms with Crippen molar-refractivity contribution in [3.63, 3.8) is 0 Å². The molecule has 2 unspecified atom stereocenters. The van der Waals surface area contributed by atoms with E-state index in [0.29, 0.717) is 71.7 Å². The van der Waals surface area contributed by atoms with Crippen LogP contribution in [0.25, 0.3) is 6.08 Å². The van der Waals surface area contributed by atoms with Crippen LogP contribution in [0.15, 0.2) is 59.0 Å². The lowest BCUT2D eigenvalue weighted by Gasteiger charge is -2.22. The normalized spacial score (nSPS) is 15.3. The number of rotatable bonds is 22. The van der Waals surface area contributed by atoms with Crippen LogP contribution < -0.4 is 23.7 Å². The minimum Gasteiger partial charge on any atom is -0.496 e. The van der Waals surface area contributed by atoms with E-state index in [0.717, 1.165) is 62.4 Å². The number of methoxy groups -OCH3 is 4. The first-order valence-electron chi connectivity index (χ1n) is 17.5. The predicted octanol–water partition coefficient (Wildman–Crippen LogP) is 9.73. The molecule has 8 nitrogen and oxygen atoms in total. The number of esters is 1. The quantitative estimate of drug-likeness (QED) is 0.0390. The molecule has 0 fully saturated rings. The molecule has 272 valence electrons. The summed E-state index contributed by atoms with van der Waals surface area (Å²) >= 11 is 1.59. The van der Waals surface area contributed by atoms with Crippen LogP contribution >= 0.6 is 11.8 Å². The molecule has 0 saturated carbocycles. The minimum atomic E-state index is -0.327. The molecule has 0 spiro atoms. The van der Waals surface area contributed by atoms with Gasteiger partial charge in [-0.05, 0) is 99.8 Å². The average Bonchev–Trinajstić information content (AvgIpc) is 3.14. The van der Waals surface area contributed by atoms with Gasteiger partial charge in [0.2, 0.25) is 0 Å². The van der Waals surface area contributed by atoms with E-state index in [-0.39, 0.29) is 17.7 Å². The molecular weight excluding hydrogens is 653 g/mol. The highest BCUT2D eigenvalue weighted by Crippen LogP contribution is 2.37. The molecule has 0 N–H and O–H groups in total. The zero-order valence-corrected chi connectivity index (χ0v) is 31.4. The fourth-order valence-electron chi connectivity index (χ4n) is 6.14. The number of thioether (sulfide) groups is 1. The van der Waals surface area contributed by atoms with Crippen molar-refractivity contribution < 1.29 is 38.1 Å². The van der Waals surface area contributed by atoms with Gasteiger partial charge in [-0.3, -0.25) is 4.79 Å². The Labute approximate surface area is 302 Å². The van der Waals surface area contributed by atoms with Gasteiger partial charge in [-0.25, -0.2) is 4.79 Å². The van der Waals surface area contributed by atoms with E-state index < -0.39 is 0 Å². The third-order valence-corrected chi connectivity index (χ3v) is 9.98. The van der Waals surface area contributed by atoms with Gasteiger partial charge in [0.05, 0.1) is 34.0 Å². The lowest BCUT2D eigenvalue weighted by Crippen LogP contribution is -2.18. The van der Waals surface area contributed by atoms with E-state index in [4.69, 9.17) is 23.7 Å². The number of carbonyl (C=O) groups excluding carboxylic acids is 3. The second-order valence-corrected chi connectivity index (χ2v) is 13.5. The summed E-state index contributed by atoms with van der Waals surface area (Å²) in [7, 11) is 6.39. The molecule has 0 bridgehead atoms. The zero-order valence-electron chi connectivity index (χ0n) is 30.6. The first-order valence-corrected chi connectivity index (χ1v) is 18.6. The molecule has 0 radical (unpaired) electrons. The highest BCUT2D eigenvalue weighted by molar-refractivity contribution is 8.01. The molecule has 0 aliphatic heterocycles. The van der Waals surface area contributed by atoms with Gasteiger partial charge in [0, 0.05) is 42.2 Å². The number of aldehydes is 1. The number of Topliss-reactive ketones (excluding diaryl/α,β-unsaturated/α-hetero) is 1. The summed E-state index contributed by atoms with van der Waals surface area (Å²) in [5.74, 6) is 3.95. The first kappa shape index (κ1) is 40.4. The van der Waals surface area contributed by atoms with Crippen LogP contribution in [-0.4, -0.2) is 46.5 Å². The first-order chi connectivity index (χ1) is 24.3. The molecule has 2 atom stereocenters. The molecule has 0 heterocycles. The molecule has 50 heavy (non-hydrogen) atoms. The van der Waals surface area contributed by atoms with Crippen molar-refractivity contribution in [3.05, 3.63) is 70.2 Å². The van der Waals surface area contributed by atoms with E-state index in [2.05, 4.69) is 19.9 Å². The molecule has 2 aromatic rings. The van der Waals surface area contributed by atoms with Gasteiger partial charge in [-0.1, -0.05) is 30.7 Å². The monoisotopic (exact) mass is 706 g/mol. The van der Waals surface area contributed by atoms with Crippen LogP contribution in [0.3, 0.4) is 0 Å². The summed E-state index contributed by atoms with van der Waals surface area (Å²) in [5.41, 5.74) is 3.84. The van der Waals surface area contributed by atoms with Crippen LogP contribution in [0, 0.1) is 11.8 Å². The Bertz CT molecular complexity index is 1480. The van der Waals surface area contributed by atoms with Crippen LogP contribution in [0.1, 0.15) is 95.6 Å². The number of ketones is 1. The summed E-state index contributed by atoms with van der Waals surface area (Å²) in [6, 6.07) is 9.29. The lowest BCUT2D eigenvalue weighted by molar-refractivity contribution is -0.130. The molecule has 2 aromatic carbocycles. The number of hydrogen-bond acceptors (Lipinski definition) is 9. The maximum atomic E-state index is 13.3. The predicted molar refractivity (Wildman–Crippen MR) is 201 cm³/mol. The third kappa shape index (κ3) is 12.7. The maximum absolute atomic E-state index is 13.3. The van der Waals surface area contributed by atoms with Crippen molar-refractivity contribution in [1.82, 2.24) is 0 Å². The summed E-state index contributed by atoms with van der Waals surface area (Å²) < 4.78 is 27.9. The number of unbranched alkanes of at least 4 members (excludes halogenated alkanes) is 1. The topological polar surface area (TPSA) is 97.4 Å². The van der Waals surface area contributed by atoms with Gasteiger partial charge in [0.25, 0.3) is 0 Å². The largest absolute Gasteiger partial charge is 0.496 e. The van der Waals surface area contributed by atoms with E-state index in [9.17, 15) is 14.4 Å². The molecule has 0 aromatic heterocycles. The molecule has 1 aliphatic rings. The fraction of sp³-hybridized carbons (Fsp3) is 0.488. The summed E-state index contributed by atoms with van der Waals surface area (Å²) in [4.78, 5) is 36.4. The van der Waals surface area contributed by atoms with Crippen LogP contribution in [0.4, 0.5) is 0 Å². The SMILES string of the molecule is CCC(CC/C=C(\C)CCC1CCC=C(C(=O)Oc2cc(CS/C=C/c3c(OC)cc(OC)cc3OC)ccc2OC)C1)C(=O)CCCC=O. The molecule has 3 rings (SSSR count). The highest BCUT2D eigenvalue weighted by atomic mass is 32.2. The van der Waals surface area contributed by atoms with Gasteiger partial charge in [0.15, 0.2) is 11.5 Å². The summed E-state index contributed by atoms with van der Waals surface area (Å²) in [6.45, 7) is 4.21. The van der Waals surface area contributed by atoms with Crippen LogP contribution in [0.2, 0.25) is 0 Å². The Morgan fingerprint density at radius 1 is 0.940 bits per heavy atom.